The van der Waals surface area contributed by atoms with Crippen LogP contribution in [0, 0.1) is 25.2 Å². The largest absolute Gasteiger partial charge is 0.348 e. The van der Waals surface area contributed by atoms with Crippen LogP contribution >= 0.6 is 0 Å². The van der Waals surface area contributed by atoms with Gasteiger partial charge in [0, 0.05) is 19.6 Å². The second-order valence-electron chi connectivity index (χ2n) is 8.35. The van der Waals surface area contributed by atoms with Crippen LogP contribution in [0.3, 0.4) is 0 Å². The Balaban J connectivity index is 1.47. The number of nitriles is 1. The molecule has 5 heteroatoms. The van der Waals surface area contributed by atoms with Gasteiger partial charge in [-0.1, -0.05) is 30.3 Å². The quantitative estimate of drug-likeness (QED) is 0.800. The smallest absolute Gasteiger partial charge is 0.234 e. The highest BCUT2D eigenvalue weighted by molar-refractivity contribution is 5.78. The molecule has 5 nitrogen and oxygen atoms in total. The Hall–Kier alpha value is -2.68. The van der Waals surface area contributed by atoms with E-state index in [1.165, 1.54) is 16.7 Å². The molecule has 1 aliphatic heterocycles. The molecule has 1 heterocycles. The number of benzene rings is 2. The van der Waals surface area contributed by atoms with E-state index in [1.807, 2.05) is 31.2 Å². The van der Waals surface area contributed by atoms with Crippen molar-refractivity contribution in [2.45, 2.75) is 39.8 Å². The van der Waals surface area contributed by atoms with Crippen LogP contribution in [0.4, 0.5) is 0 Å². The van der Waals surface area contributed by atoms with Gasteiger partial charge >= 0.3 is 0 Å². The van der Waals surface area contributed by atoms with Gasteiger partial charge in [-0.05, 0) is 74.7 Å². The average molecular weight is 405 g/mol. The molecule has 1 N–H and O–H groups in total. The van der Waals surface area contributed by atoms with E-state index in [9.17, 15) is 4.79 Å². The van der Waals surface area contributed by atoms with Crippen molar-refractivity contribution < 1.29 is 4.79 Å². The van der Waals surface area contributed by atoms with Gasteiger partial charge in [-0.2, -0.15) is 5.26 Å². The third-order valence-corrected chi connectivity index (χ3v) is 5.95. The second-order valence-corrected chi connectivity index (χ2v) is 8.35. The molecule has 0 saturated carbocycles. The first-order chi connectivity index (χ1) is 14.4. The lowest BCUT2D eigenvalue weighted by Gasteiger charge is -2.23. The summed E-state index contributed by atoms with van der Waals surface area (Å²) in [6, 6.07) is 16.4. The summed E-state index contributed by atoms with van der Waals surface area (Å²) in [5.41, 5.74) is 5.59. The van der Waals surface area contributed by atoms with E-state index in [0.717, 1.165) is 44.7 Å². The minimum absolute atomic E-state index is 0.0108. The Kier molecular flexibility index (Phi) is 7.62. The van der Waals surface area contributed by atoms with Crippen molar-refractivity contribution >= 4 is 5.91 Å². The first kappa shape index (κ1) is 22.0. The molecule has 1 unspecified atom stereocenters. The fourth-order valence-corrected chi connectivity index (χ4v) is 3.89. The summed E-state index contributed by atoms with van der Waals surface area (Å²) in [7, 11) is 0. The summed E-state index contributed by atoms with van der Waals surface area (Å²) in [5.74, 6) is 0.0845. The zero-order valence-electron chi connectivity index (χ0n) is 18.3. The molecule has 30 heavy (non-hydrogen) atoms. The maximum atomic E-state index is 12.6. The maximum absolute atomic E-state index is 12.6. The van der Waals surface area contributed by atoms with E-state index in [1.54, 1.807) is 0 Å². The Morgan fingerprint density at radius 2 is 1.73 bits per heavy atom. The lowest BCUT2D eigenvalue weighted by atomic mass is 10.0. The van der Waals surface area contributed by atoms with Crippen molar-refractivity contribution in [1.82, 2.24) is 15.1 Å². The van der Waals surface area contributed by atoms with E-state index in [0.29, 0.717) is 12.1 Å². The number of carbonyl (C=O) groups is 1. The summed E-state index contributed by atoms with van der Waals surface area (Å²) >= 11 is 0. The summed E-state index contributed by atoms with van der Waals surface area (Å²) in [6.07, 6.45) is 1.05. The van der Waals surface area contributed by atoms with E-state index in [4.69, 9.17) is 5.26 Å². The minimum Gasteiger partial charge on any atom is -0.348 e. The van der Waals surface area contributed by atoms with Crippen LogP contribution in [0.25, 0.3) is 0 Å². The number of nitrogens with one attached hydrogen (secondary N) is 1. The minimum atomic E-state index is 0.0108. The summed E-state index contributed by atoms with van der Waals surface area (Å²) in [6.45, 7) is 11.4. The maximum Gasteiger partial charge on any atom is 0.234 e. The standard InChI is InChI=1S/C25H32N4O/c1-19-5-10-24(15-20(19)2)21(3)27-25(30)18-29-12-4-11-28(13-14-29)17-23-8-6-22(16-26)7-9-23/h5-10,15,21H,4,11-14,17-18H2,1-3H3,(H,27,30). The lowest BCUT2D eigenvalue weighted by molar-refractivity contribution is -0.122. The normalized spacial score (nSPS) is 16.5. The predicted octanol–water partition coefficient (Wildman–Crippen LogP) is 3.56. The Bertz CT molecular complexity index is 900. The number of aryl methyl sites for hydroxylation is 2. The third-order valence-electron chi connectivity index (χ3n) is 5.95. The van der Waals surface area contributed by atoms with E-state index < -0.39 is 0 Å². The van der Waals surface area contributed by atoms with Crippen molar-refractivity contribution in [2.75, 3.05) is 32.7 Å². The highest BCUT2D eigenvalue weighted by Gasteiger charge is 2.18. The third kappa shape index (κ3) is 6.16. The zero-order valence-corrected chi connectivity index (χ0v) is 18.3. The van der Waals surface area contributed by atoms with Crippen LogP contribution in [0.1, 0.15) is 47.2 Å². The highest BCUT2D eigenvalue weighted by atomic mass is 16.2. The first-order valence-electron chi connectivity index (χ1n) is 10.7. The number of rotatable bonds is 6. The molecule has 1 atom stereocenters. The van der Waals surface area contributed by atoms with Crippen LogP contribution in [0.15, 0.2) is 42.5 Å². The van der Waals surface area contributed by atoms with Crippen molar-refractivity contribution in [2.24, 2.45) is 0 Å². The van der Waals surface area contributed by atoms with Gasteiger partial charge in [0.05, 0.1) is 24.2 Å². The number of amides is 1. The van der Waals surface area contributed by atoms with Gasteiger partial charge in [0.2, 0.25) is 5.91 Å². The predicted molar refractivity (Wildman–Crippen MR) is 120 cm³/mol. The highest BCUT2D eigenvalue weighted by Crippen LogP contribution is 2.17. The molecule has 2 aromatic carbocycles. The van der Waals surface area contributed by atoms with Gasteiger partial charge in [0.25, 0.3) is 0 Å². The van der Waals surface area contributed by atoms with Crippen LogP contribution < -0.4 is 5.32 Å². The van der Waals surface area contributed by atoms with E-state index >= 15 is 0 Å². The Labute approximate surface area is 180 Å². The average Bonchev–Trinajstić information content (AvgIpc) is 2.95. The van der Waals surface area contributed by atoms with Gasteiger partial charge < -0.3 is 5.32 Å². The zero-order chi connectivity index (χ0) is 21.5. The topological polar surface area (TPSA) is 59.4 Å². The number of hydrogen-bond donors (Lipinski definition) is 1. The fraction of sp³-hybridized carbons (Fsp3) is 0.440. The summed E-state index contributed by atoms with van der Waals surface area (Å²) in [5, 5.41) is 12.1. The van der Waals surface area contributed by atoms with Gasteiger partial charge in [0.1, 0.15) is 0 Å². The molecule has 0 radical (unpaired) electrons. The van der Waals surface area contributed by atoms with E-state index in [-0.39, 0.29) is 11.9 Å². The van der Waals surface area contributed by atoms with Gasteiger partial charge in [-0.25, -0.2) is 0 Å². The molecule has 0 spiro atoms. The lowest BCUT2D eigenvalue weighted by Crippen LogP contribution is -2.40. The molecule has 0 aromatic heterocycles. The van der Waals surface area contributed by atoms with Gasteiger partial charge in [-0.3, -0.25) is 14.6 Å². The molecular weight excluding hydrogens is 372 g/mol. The summed E-state index contributed by atoms with van der Waals surface area (Å²) < 4.78 is 0. The van der Waals surface area contributed by atoms with E-state index in [2.05, 4.69) is 53.2 Å². The molecule has 3 rings (SSSR count). The Morgan fingerprint density at radius 3 is 2.43 bits per heavy atom. The molecule has 2 aromatic rings. The second kappa shape index (κ2) is 10.4. The van der Waals surface area contributed by atoms with Crippen LogP contribution in [-0.4, -0.2) is 48.4 Å². The van der Waals surface area contributed by atoms with Crippen molar-refractivity contribution in [3.63, 3.8) is 0 Å². The molecule has 1 saturated heterocycles. The molecular formula is C25H32N4O. The Morgan fingerprint density at radius 1 is 1.03 bits per heavy atom. The number of carbonyl (C=O) groups excluding carboxylic acids is 1. The van der Waals surface area contributed by atoms with Crippen LogP contribution in [0.5, 0.6) is 0 Å². The molecule has 1 aliphatic rings. The molecule has 0 bridgehead atoms. The molecule has 0 aliphatic carbocycles. The fourth-order valence-electron chi connectivity index (χ4n) is 3.89. The summed E-state index contributed by atoms with van der Waals surface area (Å²) in [4.78, 5) is 17.3. The number of hydrogen-bond acceptors (Lipinski definition) is 4. The first-order valence-corrected chi connectivity index (χ1v) is 10.7. The monoisotopic (exact) mass is 404 g/mol. The van der Waals surface area contributed by atoms with Gasteiger partial charge in [0.15, 0.2) is 0 Å². The SMILES string of the molecule is Cc1ccc(C(C)NC(=O)CN2CCCN(Cc3ccc(C#N)cc3)CC2)cc1C. The van der Waals surface area contributed by atoms with Crippen LogP contribution in [-0.2, 0) is 11.3 Å². The van der Waals surface area contributed by atoms with Crippen molar-refractivity contribution in [1.29, 1.82) is 5.26 Å². The number of nitrogens with zero attached hydrogens (tertiary/aromatic N) is 3. The van der Waals surface area contributed by atoms with Crippen LogP contribution in [0.2, 0.25) is 0 Å². The molecule has 1 amide bonds. The molecule has 1 fully saturated rings. The molecule has 158 valence electrons. The van der Waals surface area contributed by atoms with Crippen molar-refractivity contribution in [3.05, 3.63) is 70.3 Å². The van der Waals surface area contributed by atoms with Crippen molar-refractivity contribution in [3.8, 4) is 6.07 Å². The van der Waals surface area contributed by atoms with Gasteiger partial charge in [-0.15, -0.1) is 0 Å².